The molecule has 1 amide bonds. The fourth-order valence-electron chi connectivity index (χ4n) is 2.07. The molecule has 0 bridgehead atoms. The summed E-state index contributed by atoms with van der Waals surface area (Å²) in [5, 5.41) is 17.5. The van der Waals surface area contributed by atoms with Crippen molar-refractivity contribution in [1.82, 2.24) is 19.7 Å². The molecule has 0 aliphatic carbocycles. The number of nitrogens with one attached hydrogen (secondary N) is 1. The van der Waals surface area contributed by atoms with E-state index in [2.05, 4.69) is 20.4 Å². The second kappa shape index (κ2) is 6.86. The summed E-state index contributed by atoms with van der Waals surface area (Å²) in [6, 6.07) is 6.72. The zero-order valence-electron chi connectivity index (χ0n) is 12.5. The number of hydrogen-bond acceptors (Lipinski definition) is 6. The van der Waals surface area contributed by atoms with Gasteiger partial charge < -0.3 is 5.32 Å². The van der Waals surface area contributed by atoms with Gasteiger partial charge in [0.25, 0.3) is 0 Å². The summed E-state index contributed by atoms with van der Waals surface area (Å²) >= 11 is 7.25. The second-order valence-corrected chi connectivity index (χ2v) is 6.20. The normalized spacial score (nSPS) is 10.5. The molecule has 3 rings (SSSR count). The number of rotatable bonds is 4. The van der Waals surface area contributed by atoms with Crippen molar-refractivity contribution in [2.45, 2.75) is 5.03 Å². The first-order chi connectivity index (χ1) is 11.6. The molecule has 0 atom stereocenters. The first-order valence-corrected chi connectivity index (χ1v) is 8.20. The van der Waals surface area contributed by atoms with E-state index in [9.17, 15) is 4.79 Å². The average Bonchev–Trinajstić information content (AvgIpc) is 2.95. The first-order valence-electron chi connectivity index (χ1n) is 6.83. The van der Waals surface area contributed by atoms with Crippen LogP contribution in [0.15, 0.2) is 35.7 Å². The van der Waals surface area contributed by atoms with E-state index in [1.54, 1.807) is 36.1 Å². The highest BCUT2D eigenvalue weighted by molar-refractivity contribution is 8.00. The Labute approximate surface area is 146 Å². The number of aromatic nitrogens is 4. The molecule has 2 aromatic heterocycles. The van der Waals surface area contributed by atoms with E-state index < -0.39 is 0 Å². The number of benzene rings is 1. The number of amides is 1. The van der Waals surface area contributed by atoms with Gasteiger partial charge in [-0.25, -0.2) is 9.97 Å². The van der Waals surface area contributed by atoms with Crippen molar-refractivity contribution >= 4 is 46.0 Å². The topological polar surface area (TPSA) is 96.5 Å². The molecule has 7 nitrogen and oxygen atoms in total. The Hall–Kier alpha value is -2.63. The van der Waals surface area contributed by atoms with Crippen molar-refractivity contribution in [3.8, 4) is 6.07 Å². The van der Waals surface area contributed by atoms with Crippen LogP contribution in [0.1, 0.15) is 5.56 Å². The summed E-state index contributed by atoms with van der Waals surface area (Å²) in [6.07, 6.45) is 3.13. The zero-order chi connectivity index (χ0) is 17.1. The molecular formula is C15H11ClN6OS. The summed E-state index contributed by atoms with van der Waals surface area (Å²) in [5.41, 5.74) is 1.62. The molecule has 3 aromatic rings. The van der Waals surface area contributed by atoms with E-state index in [1.807, 2.05) is 6.07 Å². The Kier molecular flexibility index (Phi) is 4.64. The van der Waals surface area contributed by atoms with Crippen molar-refractivity contribution in [1.29, 1.82) is 5.26 Å². The third-order valence-corrected chi connectivity index (χ3v) is 4.52. The quantitative estimate of drug-likeness (QED) is 0.568. The minimum Gasteiger partial charge on any atom is -0.325 e. The monoisotopic (exact) mass is 358 g/mol. The summed E-state index contributed by atoms with van der Waals surface area (Å²) < 4.78 is 1.65. The van der Waals surface area contributed by atoms with Crippen LogP contribution in [0.5, 0.6) is 0 Å². The smallest absolute Gasteiger partial charge is 0.234 e. The van der Waals surface area contributed by atoms with Gasteiger partial charge in [0.15, 0.2) is 5.65 Å². The Bertz CT molecular complexity index is 964. The maximum atomic E-state index is 12.1. The van der Waals surface area contributed by atoms with Gasteiger partial charge in [0, 0.05) is 12.7 Å². The highest BCUT2D eigenvalue weighted by atomic mass is 35.5. The molecule has 9 heteroatoms. The number of carbonyl (C=O) groups excluding carboxylic acids is 1. The molecule has 0 unspecified atom stereocenters. The number of halogens is 1. The zero-order valence-corrected chi connectivity index (χ0v) is 14.1. The van der Waals surface area contributed by atoms with E-state index in [0.29, 0.717) is 26.9 Å². The number of fused-ring (bicyclic) bond motifs is 1. The maximum absolute atomic E-state index is 12.1. The Morgan fingerprint density at radius 3 is 3.04 bits per heavy atom. The van der Waals surface area contributed by atoms with Crippen molar-refractivity contribution in [3.05, 3.63) is 41.3 Å². The molecule has 0 saturated heterocycles. The molecule has 0 spiro atoms. The molecular weight excluding hydrogens is 348 g/mol. The average molecular weight is 359 g/mol. The molecule has 0 aliphatic heterocycles. The van der Waals surface area contributed by atoms with Gasteiger partial charge in [-0.3, -0.25) is 9.48 Å². The molecule has 0 fully saturated rings. The third-order valence-electron chi connectivity index (χ3n) is 3.21. The lowest BCUT2D eigenvalue weighted by Crippen LogP contribution is -2.14. The van der Waals surface area contributed by atoms with Crippen LogP contribution in [0.2, 0.25) is 5.02 Å². The molecule has 0 saturated carbocycles. The third kappa shape index (κ3) is 3.32. The Morgan fingerprint density at radius 1 is 1.46 bits per heavy atom. The molecule has 0 radical (unpaired) electrons. The molecule has 2 heterocycles. The molecule has 1 aromatic carbocycles. The molecule has 120 valence electrons. The van der Waals surface area contributed by atoms with Gasteiger partial charge in [-0.05, 0) is 18.2 Å². The van der Waals surface area contributed by atoms with Crippen molar-refractivity contribution in [2.75, 3.05) is 11.1 Å². The number of hydrogen-bond donors (Lipinski definition) is 1. The van der Waals surface area contributed by atoms with Gasteiger partial charge in [0.1, 0.15) is 17.4 Å². The number of nitriles is 1. The number of thioether (sulfide) groups is 1. The lowest BCUT2D eigenvalue weighted by Gasteiger charge is -2.06. The first kappa shape index (κ1) is 16.2. The summed E-state index contributed by atoms with van der Waals surface area (Å²) in [5.74, 6) is -0.0186. The van der Waals surface area contributed by atoms with Crippen LogP contribution in [0.3, 0.4) is 0 Å². The minimum absolute atomic E-state index is 0.179. The standard InChI is InChI=1S/C15H11ClN6OS/c1-22-14-11(6-20-22)15(19-8-18-14)24-7-13(23)21-10-3-2-9(5-17)12(16)4-10/h2-4,6,8H,7H2,1H3,(H,21,23). The summed E-state index contributed by atoms with van der Waals surface area (Å²) in [4.78, 5) is 20.4. The van der Waals surface area contributed by atoms with Crippen LogP contribution in [-0.4, -0.2) is 31.4 Å². The summed E-state index contributed by atoms with van der Waals surface area (Å²) in [6.45, 7) is 0. The second-order valence-electron chi connectivity index (χ2n) is 4.83. The van der Waals surface area contributed by atoms with Crippen molar-refractivity contribution < 1.29 is 4.79 Å². The molecule has 0 aliphatic rings. The van der Waals surface area contributed by atoms with E-state index in [0.717, 1.165) is 5.39 Å². The highest BCUT2D eigenvalue weighted by Crippen LogP contribution is 2.24. The van der Waals surface area contributed by atoms with Crippen molar-refractivity contribution in [3.63, 3.8) is 0 Å². The predicted molar refractivity (Wildman–Crippen MR) is 91.8 cm³/mol. The van der Waals surface area contributed by atoms with Gasteiger partial charge in [0.2, 0.25) is 5.91 Å². The van der Waals surface area contributed by atoms with Gasteiger partial charge >= 0.3 is 0 Å². The number of anilines is 1. The van der Waals surface area contributed by atoms with Crippen LogP contribution < -0.4 is 5.32 Å². The van der Waals surface area contributed by atoms with E-state index in [-0.39, 0.29) is 11.7 Å². The lowest BCUT2D eigenvalue weighted by molar-refractivity contribution is -0.113. The molecule has 24 heavy (non-hydrogen) atoms. The van der Waals surface area contributed by atoms with Crippen LogP contribution in [0.4, 0.5) is 5.69 Å². The minimum atomic E-state index is -0.198. The van der Waals surface area contributed by atoms with Gasteiger partial charge in [0.05, 0.1) is 27.9 Å². The SMILES string of the molecule is Cn1ncc2c(SCC(=O)Nc3ccc(C#N)c(Cl)c3)ncnc21. The van der Waals surface area contributed by atoms with Crippen LogP contribution in [0.25, 0.3) is 11.0 Å². The van der Waals surface area contributed by atoms with Gasteiger partial charge in [-0.1, -0.05) is 23.4 Å². The predicted octanol–water partition coefficient (Wildman–Crippen LogP) is 2.62. The highest BCUT2D eigenvalue weighted by Gasteiger charge is 2.11. The van der Waals surface area contributed by atoms with E-state index in [4.69, 9.17) is 16.9 Å². The van der Waals surface area contributed by atoms with Crippen LogP contribution in [-0.2, 0) is 11.8 Å². The largest absolute Gasteiger partial charge is 0.325 e. The van der Waals surface area contributed by atoms with E-state index >= 15 is 0 Å². The summed E-state index contributed by atoms with van der Waals surface area (Å²) in [7, 11) is 1.80. The Balaban J connectivity index is 1.67. The Morgan fingerprint density at radius 2 is 2.29 bits per heavy atom. The van der Waals surface area contributed by atoms with Gasteiger partial charge in [-0.15, -0.1) is 0 Å². The fraction of sp³-hybridized carbons (Fsp3) is 0.133. The lowest BCUT2D eigenvalue weighted by atomic mass is 10.2. The van der Waals surface area contributed by atoms with Crippen LogP contribution in [0, 0.1) is 11.3 Å². The van der Waals surface area contributed by atoms with Gasteiger partial charge in [-0.2, -0.15) is 10.4 Å². The fourth-order valence-corrected chi connectivity index (χ4v) is 3.05. The number of nitrogens with zero attached hydrogens (tertiary/aromatic N) is 5. The number of carbonyl (C=O) groups is 1. The maximum Gasteiger partial charge on any atom is 0.234 e. The molecule has 1 N–H and O–H groups in total. The number of aryl methyl sites for hydroxylation is 1. The van der Waals surface area contributed by atoms with E-state index in [1.165, 1.54) is 18.1 Å². The van der Waals surface area contributed by atoms with Crippen molar-refractivity contribution in [2.24, 2.45) is 7.05 Å². The van der Waals surface area contributed by atoms with Crippen LogP contribution >= 0.6 is 23.4 Å².